The van der Waals surface area contributed by atoms with E-state index >= 15 is 0 Å². The zero-order chi connectivity index (χ0) is 22.3. The summed E-state index contributed by atoms with van der Waals surface area (Å²) in [6, 6.07) is 11.9. The maximum Gasteiger partial charge on any atom is 0.335 e. The fraction of sp³-hybridized carbons (Fsp3) is 0.143. The van der Waals surface area contributed by atoms with Gasteiger partial charge in [0.05, 0.1) is 17.4 Å². The average Bonchev–Trinajstić information content (AvgIpc) is 3.13. The number of phenols is 1. The molecule has 0 unspecified atom stereocenters. The lowest BCUT2D eigenvalue weighted by Crippen LogP contribution is -2.33. The molecule has 158 valence electrons. The van der Waals surface area contributed by atoms with Crippen LogP contribution >= 0.6 is 11.6 Å². The van der Waals surface area contributed by atoms with Crippen LogP contribution in [-0.4, -0.2) is 36.4 Å². The number of hydrogen-bond donors (Lipinski definition) is 3. The Morgan fingerprint density at radius 2 is 1.87 bits per heavy atom. The van der Waals surface area contributed by atoms with Gasteiger partial charge in [0, 0.05) is 18.4 Å². The highest BCUT2D eigenvalue weighted by Crippen LogP contribution is 2.34. The molecule has 10 heteroatoms. The minimum atomic E-state index is -0.842. The highest BCUT2D eigenvalue weighted by molar-refractivity contribution is 6.30. The second-order valence-corrected chi connectivity index (χ2v) is 7.43. The number of rotatable bonds is 3. The molecule has 0 spiro atoms. The Balaban J connectivity index is 1.84. The molecule has 1 aromatic heterocycles. The Morgan fingerprint density at radius 1 is 1.16 bits per heavy atom. The molecule has 3 N–H and O–H groups in total. The van der Waals surface area contributed by atoms with Gasteiger partial charge in [0.1, 0.15) is 11.3 Å². The van der Waals surface area contributed by atoms with E-state index in [9.17, 15) is 24.6 Å². The second-order valence-electron chi connectivity index (χ2n) is 6.99. The predicted octanol–water partition coefficient (Wildman–Crippen LogP) is 2.29. The van der Waals surface area contributed by atoms with Crippen LogP contribution in [0, 0.1) is 0 Å². The number of nitrogens with zero attached hydrogens (tertiary/aromatic N) is 3. The van der Waals surface area contributed by atoms with Crippen LogP contribution in [0.15, 0.2) is 63.2 Å². The van der Waals surface area contributed by atoms with Crippen molar-refractivity contribution in [3.05, 3.63) is 85.5 Å². The predicted molar refractivity (Wildman–Crippen MR) is 114 cm³/mol. The van der Waals surface area contributed by atoms with Gasteiger partial charge in [-0.1, -0.05) is 29.8 Å². The zero-order valence-electron chi connectivity index (χ0n) is 16.2. The van der Waals surface area contributed by atoms with Gasteiger partial charge < -0.3 is 10.2 Å². The summed E-state index contributed by atoms with van der Waals surface area (Å²) < 4.78 is 0.914. The van der Waals surface area contributed by atoms with Gasteiger partial charge in [-0.15, -0.1) is 0 Å². The van der Waals surface area contributed by atoms with Crippen LogP contribution in [0.1, 0.15) is 30.5 Å². The van der Waals surface area contributed by atoms with Crippen molar-refractivity contribution in [2.75, 3.05) is 0 Å². The molecule has 0 saturated carbocycles. The number of amides is 1. The van der Waals surface area contributed by atoms with Gasteiger partial charge in [-0.05, 0) is 35.9 Å². The maximum atomic E-state index is 12.6. The molecule has 2 aromatic carbocycles. The first-order valence-corrected chi connectivity index (χ1v) is 9.65. The van der Waals surface area contributed by atoms with Crippen molar-refractivity contribution in [3.8, 4) is 17.3 Å². The molecule has 1 aliphatic rings. The standard InChI is InChI=1S/C21H17ClN4O5/c1-11(27)26-17(12-5-7-15(28)8-6-12)10-16(24-26)18-19(29)23-21(31)25(20(18)30)14-4-2-3-13(22)9-14/h2-9,17,28,30H,10H2,1H3,(H,23,29,31)/t17-/m0/s1. The molecule has 1 atom stereocenters. The Morgan fingerprint density at radius 3 is 2.52 bits per heavy atom. The lowest BCUT2D eigenvalue weighted by atomic mass is 9.99. The molecule has 0 bridgehead atoms. The van der Waals surface area contributed by atoms with Crippen LogP contribution in [0.4, 0.5) is 0 Å². The first-order chi connectivity index (χ1) is 14.8. The minimum absolute atomic E-state index is 0.0694. The molecular weight excluding hydrogens is 424 g/mol. The summed E-state index contributed by atoms with van der Waals surface area (Å²) in [4.78, 5) is 39.4. The van der Waals surface area contributed by atoms with Crippen molar-refractivity contribution < 1.29 is 15.0 Å². The van der Waals surface area contributed by atoms with Gasteiger partial charge in [0.25, 0.3) is 5.56 Å². The van der Waals surface area contributed by atoms with Crippen LogP contribution in [-0.2, 0) is 4.79 Å². The normalized spacial score (nSPS) is 15.7. The van der Waals surface area contributed by atoms with Crippen molar-refractivity contribution in [3.63, 3.8) is 0 Å². The quantitative estimate of drug-likeness (QED) is 0.575. The first-order valence-electron chi connectivity index (χ1n) is 9.27. The molecule has 1 aliphatic heterocycles. The number of halogens is 1. The summed E-state index contributed by atoms with van der Waals surface area (Å²) in [6.07, 6.45) is 0.120. The van der Waals surface area contributed by atoms with Gasteiger partial charge in [0.15, 0.2) is 0 Å². The Bertz CT molecular complexity index is 1330. The summed E-state index contributed by atoms with van der Waals surface area (Å²) in [5.41, 5.74) is -0.801. The number of aromatic hydroxyl groups is 2. The summed E-state index contributed by atoms with van der Waals surface area (Å²) in [5, 5.41) is 26.2. The molecule has 0 aliphatic carbocycles. The maximum absolute atomic E-state index is 12.6. The molecule has 9 nitrogen and oxygen atoms in total. The molecule has 3 aromatic rings. The van der Waals surface area contributed by atoms with Crippen molar-refractivity contribution in [2.24, 2.45) is 5.10 Å². The number of carbonyl (C=O) groups is 1. The van der Waals surface area contributed by atoms with Crippen molar-refractivity contribution in [2.45, 2.75) is 19.4 Å². The van der Waals surface area contributed by atoms with Gasteiger partial charge >= 0.3 is 5.69 Å². The highest BCUT2D eigenvalue weighted by Gasteiger charge is 2.34. The van der Waals surface area contributed by atoms with E-state index in [0.717, 1.165) is 4.57 Å². The van der Waals surface area contributed by atoms with E-state index in [2.05, 4.69) is 10.1 Å². The molecule has 0 saturated heterocycles. The van der Waals surface area contributed by atoms with Crippen LogP contribution in [0.3, 0.4) is 0 Å². The van der Waals surface area contributed by atoms with Crippen LogP contribution in [0.25, 0.3) is 5.69 Å². The number of hydrogen-bond acceptors (Lipinski definition) is 6. The molecule has 4 rings (SSSR count). The van der Waals surface area contributed by atoms with Gasteiger partial charge in [-0.25, -0.2) is 14.4 Å². The van der Waals surface area contributed by atoms with E-state index in [-0.39, 0.29) is 35.0 Å². The Labute approximate surface area is 180 Å². The number of nitrogens with one attached hydrogen (secondary N) is 1. The molecule has 0 radical (unpaired) electrons. The number of phenolic OH excluding ortho intramolecular Hbond substituents is 1. The van der Waals surface area contributed by atoms with Gasteiger partial charge in [-0.2, -0.15) is 5.10 Å². The third-order valence-electron chi connectivity index (χ3n) is 4.95. The summed E-state index contributed by atoms with van der Waals surface area (Å²) in [7, 11) is 0. The van der Waals surface area contributed by atoms with Gasteiger partial charge in [-0.3, -0.25) is 14.6 Å². The smallest absolute Gasteiger partial charge is 0.335 e. The second kappa shape index (κ2) is 7.77. The largest absolute Gasteiger partial charge is 0.508 e. The van der Waals surface area contributed by atoms with E-state index in [4.69, 9.17) is 11.6 Å². The van der Waals surface area contributed by atoms with E-state index in [1.165, 1.54) is 30.1 Å². The topological polar surface area (TPSA) is 128 Å². The summed E-state index contributed by atoms with van der Waals surface area (Å²) in [5.74, 6) is -0.906. The monoisotopic (exact) mass is 440 g/mol. The fourth-order valence-corrected chi connectivity index (χ4v) is 3.73. The van der Waals surface area contributed by atoms with Gasteiger partial charge in [0.2, 0.25) is 11.8 Å². The lowest BCUT2D eigenvalue weighted by molar-refractivity contribution is -0.130. The van der Waals surface area contributed by atoms with E-state index in [1.54, 1.807) is 30.3 Å². The Kier molecular flexibility index (Phi) is 5.12. The van der Waals surface area contributed by atoms with Crippen LogP contribution in [0.2, 0.25) is 5.02 Å². The number of H-pyrrole nitrogens is 1. The number of hydrazone groups is 1. The summed E-state index contributed by atoms with van der Waals surface area (Å²) in [6.45, 7) is 1.33. The van der Waals surface area contributed by atoms with E-state index < -0.39 is 23.2 Å². The molecule has 1 amide bonds. The number of aromatic nitrogens is 2. The zero-order valence-corrected chi connectivity index (χ0v) is 17.0. The molecular formula is C21H17ClN4O5. The molecule has 0 fully saturated rings. The van der Waals surface area contributed by atoms with Crippen LogP contribution < -0.4 is 11.2 Å². The minimum Gasteiger partial charge on any atom is -0.508 e. The third-order valence-corrected chi connectivity index (χ3v) is 5.19. The van der Waals surface area contributed by atoms with E-state index in [1.807, 2.05) is 0 Å². The van der Waals surface area contributed by atoms with Crippen molar-refractivity contribution >= 4 is 23.2 Å². The SMILES string of the molecule is CC(=O)N1N=C(c2c(O)n(-c3cccc(Cl)c3)c(=O)[nH]c2=O)C[C@H]1c1ccc(O)cc1. The van der Waals surface area contributed by atoms with Crippen molar-refractivity contribution in [1.82, 2.24) is 14.6 Å². The number of carbonyl (C=O) groups excluding carboxylic acids is 1. The molecule has 31 heavy (non-hydrogen) atoms. The average molecular weight is 441 g/mol. The summed E-state index contributed by atoms with van der Waals surface area (Å²) >= 11 is 5.99. The number of aromatic amines is 1. The fourth-order valence-electron chi connectivity index (χ4n) is 3.55. The highest BCUT2D eigenvalue weighted by atomic mass is 35.5. The van der Waals surface area contributed by atoms with Crippen LogP contribution in [0.5, 0.6) is 11.6 Å². The number of benzene rings is 2. The first kappa shape index (κ1) is 20.4. The Hall–Kier alpha value is -3.85. The lowest BCUT2D eigenvalue weighted by Gasteiger charge is -2.20. The molecule has 2 heterocycles. The third kappa shape index (κ3) is 3.71. The van der Waals surface area contributed by atoms with E-state index in [0.29, 0.717) is 10.6 Å². The van der Waals surface area contributed by atoms with Crippen molar-refractivity contribution in [1.29, 1.82) is 0 Å².